The van der Waals surface area contributed by atoms with E-state index in [1.807, 2.05) is 7.05 Å². The van der Waals surface area contributed by atoms with E-state index in [4.69, 9.17) is 0 Å². The van der Waals surface area contributed by atoms with Crippen molar-refractivity contribution in [2.45, 2.75) is 18.9 Å². The van der Waals surface area contributed by atoms with Crippen LogP contribution in [0.2, 0.25) is 0 Å². The van der Waals surface area contributed by atoms with Crippen LogP contribution in [0.1, 0.15) is 12.8 Å². The van der Waals surface area contributed by atoms with Crippen molar-refractivity contribution >= 4 is 21.6 Å². The van der Waals surface area contributed by atoms with Gasteiger partial charge in [0.15, 0.2) is 0 Å². The molecule has 1 unspecified atom stereocenters. The van der Waals surface area contributed by atoms with Crippen molar-refractivity contribution in [1.29, 1.82) is 0 Å². The molecule has 1 aromatic carbocycles. The van der Waals surface area contributed by atoms with Gasteiger partial charge in [-0.25, -0.2) is 0 Å². The number of rotatable bonds is 4. The molecule has 1 fully saturated rings. The number of hydrogen-bond donors (Lipinski definition) is 1. The molecule has 1 aliphatic heterocycles. The largest absolute Gasteiger partial charge is 0.370 e. The monoisotopic (exact) mass is 325 g/mol. The van der Waals surface area contributed by atoms with E-state index in [2.05, 4.69) is 62.4 Å². The fourth-order valence-corrected chi connectivity index (χ4v) is 3.10. The highest BCUT2D eigenvalue weighted by atomic mass is 79.9. The average Bonchev–Trinajstić information content (AvgIpc) is 2.58. The van der Waals surface area contributed by atoms with Gasteiger partial charge < -0.3 is 15.1 Å². The van der Waals surface area contributed by atoms with Gasteiger partial charge in [0.2, 0.25) is 0 Å². The first kappa shape index (κ1) is 14.8. The second-order valence-electron chi connectivity index (χ2n) is 5.31. The number of anilines is 1. The molecule has 0 saturated carbocycles. The number of halogens is 1. The summed E-state index contributed by atoms with van der Waals surface area (Å²) < 4.78 is 1.16. The topological polar surface area (TPSA) is 18.5 Å². The van der Waals surface area contributed by atoms with E-state index >= 15 is 0 Å². The summed E-state index contributed by atoms with van der Waals surface area (Å²) in [5.41, 5.74) is 1.33. The Morgan fingerprint density at radius 3 is 2.95 bits per heavy atom. The molecule has 2 rings (SSSR count). The number of nitrogens with zero attached hydrogens (tertiary/aromatic N) is 2. The van der Waals surface area contributed by atoms with Crippen molar-refractivity contribution in [3.05, 3.63) is 28.7 Å². The van der Waals surface area contributed by atoms with E-state index < -0.39 is 0 Å². The van der Waals surface area contributed by atoms with Crippen molar-refractivity contribution in [3.63, 3.8) is 0 Å². The fourth-order valence-electron chi connectivity index (χ4n) is 2.71. The Balaban J connectivity index is 2.08. The maximum Gasteiger partial charge on any atom is 0.0378 e. The summed E-state index contributed by atoms with van der Waals surface area (Å²) in [7, 11) is 4.29. The SMILES string of the molecule is CNCCC1CN(c2cccc(Br)c2)CCCN1C. The average molecular weight is 326 g/mol. The highest BCUT2D eigenvalue weighted by molar-refractivity contribution is 9.10. The van der Waals surface area contributed by atoms with Gasteiger partial charge in [-0.15, -0.1) is 0 Å². The number of benzene rings is 1. The molecule has 3 nitrogen and oxygen atoms in total. The Morgan fingerprint density at radius 1 is 1.37 bits per heavy atom. The van der Waals surface area contributed by atoms with Crippen molar-refractivity contribution < 1.29 is 0 Å². The van der Waals surface area contributed by atoms with Crippen LogP contribution in [0.25, 0.3) is 0 Å². The molecule has 106 valence electrons. The number of likely N-dealkylation sites (N-methyl/N-ethyl adjacent to an activating group) is 1. The molecule has 1 aliphatic rings. The lowest BCUT2D eigenvalue weighted by atomic mass is 10.1. The first-order valence-electron chi connectivity index (χ1n) is 7.06. The molecule has 1 saturated heterocycles. The Labute approximate surface area is 125 Å². The van der Waals surface area contributed by atoms with E-state index in [0.717, 1.165) is 24.1 Å². The van der Waals surface area contributed by atoms with Gasteiger partial charge in [-0.1, -0.05) is 22.0 Å². The summed E-state index contributed by atoms with van der Waals surface area (Å²) in [6.07, 6.45) is 2.44. The predicted molar refractivity (Wildman–Crippen MR) is 85.9 cm³/mol. The highest BCUT2D eigenvalue weighted by Crippen LogP contribution is 2.23. The van der Waals surface area contributed by atoms with Crippen LogP contribution in [0, 0.1) is 0 Å². The molecule has 0 aliphatic carbocycles. The van der Waals surface area contributed by atoms with Crippen molar-refractivity contribution in [2.24, 2.45) is 0 Å². The zero-order valence-electron chi connectivity index (χ0n) is 11.9. The van der Waals surface area contributed by atoms with Crippen LogP contribution < -0.4 is 10.2 Å². The minimum absolute atomic E-state index is 0.633. The Bertz CT molecular complexity index is 397. The van der Waals surface area contributed by atoms with Gasteiger partial charge in [0.05, 0.1) is 0 Å². The van der Waals surface area contributed by atoms with Gasteiger partial charge in [-0.3, -0.25) is 0 Å². The Kier molecular flexibility index (Phi) is 5.67. The molecule has 0 aromatic heterocycles. The fraction of sp³-hybridized carbons (Fsp3) is 0.600. The second kappa shape index (κ2) is 7.27. The quantitative estimate of drug-likeness (QED) is 0.917. The van der Waals surface area contributed by atoms with Crippen LogP contribution in [-0.4, -0.2) is 51.2 Å². The molecular formula is C15H24BrN3. The molecule has 19 heavy (non-hydrogen) atoms. The Hall–Kier alpha value is -0.580. The van der Waals surface area contributed by atoms with Gasteiger partial charge >= 0.3 is 0 Å². The minimum atomic E-state index is 0.633. The lowest BCUT2D eigenvalue weighted by molar-refractivity contribution is 0.248. The van der Waals surface area contributed by atoms with Crippen LogP contribution in [0.3, 0.4) is 0 Å². The molecule has 1 aromatic rings. The van der Waals surface area contributed by atoms with E-state index in [9.17, 15) is 0 Å². The zero-order valence-corrected chi connectivity index (χ0v) is 13.5. The van der Waals surface area contributed by atoms with E-state index in [0.29, 0.717) is 6.04 Å². The van der Waals surface area contributed by atoms with E-state index in [-0.39, 0.29) is 0 Å². The normalized spacial score (nSPS) is 21.4. The zero-order chi connectivity index (χ0) is 13.7. The summed E-state index contributed by atoms with van der Waals surface area (Å²) in [6, 6.07) is 9.28. The van der Waals surface area contributed by atoms with Gasteiger partial charge in [-0.2, -0.15) is 0 Å². The molecule has 0 amide bonds. The summed E-state index contributed by atoms with van der Waals surface area (Å²) in [5, 5.41) is 3.27. The molecule has 1 atom stereocenters. The minimum Gasteiger partial charge on any atom is -0.370 e. The first-order valence-corrected chi connectivity index (χ1v) is 7.85. The van der Waals surface area contributed by atoms with Crippen LogP contribution in [-0.2, 0) is 0 Å². The maximum absolute atomic E-state index is 3.57. The third-order valence-electron chi connectivity index (χ3n) is 3.89. The lowest BCUT2D eigenvalue weighted by Crippen LogP contribution is -2.40. The molecule has 0 radical (unpaired) electrons. The molecule has 1 heterocycles. The van der Waals surface area contributed by atoms with Crippen LogP contribution in [0.5, 0.6) is 0 Å². The molecule has 4 heteroatoms. The van der Waals surface area contributed by atoms with Crippen molar-refractivity contribution in [1.82, 2.24) is 10.2 Å². The highest BCUT2D eigenvalue weighted by Gasteiger charge is 2.22. The maximum atomic E-state index is 3.57. The van der Waals surface area contributed by atoms with Crippen molar-refractivity contribution in [3.8, 4) is 0 Å². The Morgan fingerprint density at radius 2 is 2.21 bits per heavy atom. The summed E-state index contributed by atoms with van der Waals surface area (Å²) in [6.45, 7) is 4.55. The smallest absolute Gasteiger partial charge is 0.0378 e. The molecule has 0 spiro atoms. The van der Waals surface area contributed by atoms with Crippen LogP contribution in [0.15, 0.2) is 28.7 Å². The summed E-state index contributed by atoms with van der Waals surface area (Å²) in [5.74, 6) is 0. The molecular weight excluding hydrogens is 302 g/mol. The van der Waals surface area contributed by atoms with E-state index in [1.165, 1.54) is 25.1 Å². The van der Waals surface area contributed by atoms with Crippen LogP contribution >= 0.6 is 15.9 Å². The predicted octanol–water partition coefficient (Wildman–Crippen LogP) is 2.57. The standard InChI is InChI=1S/C15H24BrN3/c1-17-8-7-15-12-19(10-4-9-18(15)2)14-6-3-5-13(16)11-14/h3,5-6,11,15,17H,4,7-10,12H2,1-2H3. The van der Waals surface area contributed by atoms with E-state index in [1.54, 1.807) is 0 Å². The van der Waals surface area contributed by atoms with Crippen molar-refractivity contribution in [2.75, 3.05) is 45.2 Å². The number of hydrogen-bond acceptors (Lipinski definition) is 3. The lowest BCUT2D eigenvalue weighted by Gasteiger charge is -2.30. The first-order chi connectivity index (χ1) is 9.20. The van der Waals surface area contributed by atoms with Crippen LogP contribution in [0.4, 0.5) is 5.69 Å². The second-order valence-corrected chi connectivity index (χ2v) is 6.22. The summed E-state index contributed by atoms with van der Waals surface area (Å²) in [4.78, 5) is 5.03. The van der Waals surface area contributed by atoms with Gasteiger partial charge in [0, 0.05) is 29.3 Å². The molecule has 0 bridgehead atoms. The molecule has 1 N–H and O–H groups in total. The van der Waals surface area contributed by atoms with Gasteiger partial charge in [0.25, 0.3) is 0 Å². The summed E-state index contributed by atoms with van der Waals surface area (Å²) >= 11 is 3.57. The number of nitrogens with one attached hydrogen (secondary N) is 1. The third kappa shape index (κ3) is 4.20. The van der Waals surface area contributed by atoms with Gasteiger partial charge in [-0.05, 0) is 58.2 Å². The third-order valence-corrected chi connectivity index (χ3v) is 4.39. The van der Waals surface area contributed by atoms with Gasteiger partial charge in [0.1, 0.15) is 0 Å².